The third kappa shape index (κ3) is 5.48. The fraction of sp³-hybridized carbons (Fsp3) is 0.611. The van der Waals surface area contributed by atoms with Gasteiger partial charge in [0, 0.05) is 18.2 Å². The number of amides is 1. The quantitative estimate of drug-likeness (QED) is 0.888. The van der Waals surface area contributed by atoms with Gasteiger partial charge in [0.25, 0.3) is 0 Å². The Morgan fingerprint density at radius 3 is 2.39 bits per heavy atom. The van der Waals surface area contributed by atoms with Gasteiger partial charge in [-0.2, -0.15) is 0 Å². The maximum atomic E-state index is 12.3. The maximum Gasteiger partial charge on any atom is 0.227 e. The van der Waals surface area contributed by atoms with E-state index in [-0.39, 0.29) is 24.2 Å². The monoisotopic (exact) mass is 337 g/mol. The van der Waals surface area contributed by atoms with Gasteiger partial charge >= 0.3 is 0 Å². The Labute approximate surface area is 145 Å². The summed E-state index contributed by atoms with van der Waals surface area (Å²) in [5, 5.41) is 6.47. The van der Waals surface area contributed by atoms with Crippen LogP contribution < -0.4 is 10.6 Å². The molecule has 5 heteroatoms. The standard InChI is InChI=1S/C18H27N3O.ClH/c22-18(20-17-4-2-1-3-5-17)16-8-12-21(13-9-16)14-15-6-10-19-11-7-15;/h1-5,15-16,19H,6-14H2,(H,20,22);1H. The van der Waals surface area contributed by atoms with Crippen LogP contribution in [0.15, 0.2) is 30.3 Å². The van der Waals surface area contributed by atoms with Gasteiger partial charge in [-0.15, -0.1) is 12.4 Å². The predicted molar refractivity (Wildman–Crippen MR) is 97.1 cm³/mol. The molecule has 2 heterocycles. The van der Waals surface area contributed by atoms with E-state index in [1.54, 1.807) is 0 Å². The van der Waals surface area contributed by atoms with Crippen LogP contribution in [0.1, 0.15) is 25.7 Å². The first-order valence-electron chi connectivity index (χ1n) is 8.60. The first kappa shape index (κ1) is 18.2. The molecule has 3 rings (SSSR count). The molecule has 0 aromatic heterocycles. The number of carbonyl (C=O) groups excluding carboxylic acids is 1. The molecular formula is C18H28ClN3O. The third-order valence-corrected chi connectivity index (χ3v) is 4.97. The minimum Gasteiger partial charge on any atom is -0.326 e. The number of rotatable bonds is 4. The van der Waals surface area contributed by atoms with Crippen LogP contribution in [0.3, 0.4) is 0 Å². The van der Waals surface area contributed by atoms with E-state index in [2.05, 4.69) is 15.5 Å². The highest BCUT2D eigenvalue weighted by molar-refractivity contribution is 5.92. The second-order valence-electron chi connectivity index (χ2n) is 6.62. The molecule has 2 saturated heterocycles. The second-order valence-corrected chi connectivity index (χ2v) is 6.62. The number of hydrogen-bond acceptors (Lipinski definition) is 3. The minimum atomic E-state index is 0. The molecule has 1 aromatic carbocycles. The highest BCUT2D eigenvalue weighted by atomic mass is 35.5. The Morgan fingerprint density at radius 2 is 1.74 bits per heavy atom. The second kappa shape index (κ2) is 9.26. The molecule has 23 heavy (non-hydrogen) atoms. The Morgan fingerprint density at radius 1 is 1.09 bits per heavy atom. The van der Waals surface area contributed by atoms with Crippen LogP contribution in [0, 0.1) is 11.8 Å². The summed E-state index contributed by atoms with van der Waals surface area (Å²) in [5.74, 6) is 1.20. The van der Waals surface area contributed by atoms with E-state index in [0.29, 0.717) is 0 Å². The smallest absolute Gasteiger partial charge is 0.227 e. The van der Waals surface area contributed by atoms with Crippen molar-refractivity contribution < 1.29 is 4.79 Å². The topological polar surface area (TPSA) is 44.4 Å². The average Bonchev–Trinajstić information content (AvgIpc) is 2.57. The lowest BCUT2D eigenvalue weighted by Gasteiger charge is -2.35. The Kier molecular flexibility index (Phi) is 7.34. The highest BCUT2D eigenvalue weighted by Gasteiger charge is 2.26. The zero-order valence-electron chi connectivity index (χ0n) is 13.7. The Hall–Kier alpha value is -1.10. The summed E-state index contributed by atoms with van der Waals surface area (Å²) in [6, 6.07) is 9.78. The summed E-state index contributed by atoms with van der Waals surface area (Å²) in [7, 11) is 0. The molecule has 4 nitrogen and oxygen atoms in total. The number of halogens is 1. The normalized spacial score (nSPS) is 20.7. The fourth-order valence-electron chi connectivity index (χ4n) is 3.57. The summed E-state index contributed by atoms with van der Waals surface area (Å²) in [6.45, 7) is 5.68. The van der Waals surface area contributed by atoms with Gasteiger partial charge in [-0.25, -0.2) is 0 Å². The highest BCUT2D eigenvalue weighted by Crippen LogP contribution is 2.22. The van der Waals surface area contributed by atoms with Crippen molar-refractivity contribution in [1.29, 1.82) is 0 Å². The number of hydrogen-bond donors (Lipinski definition) is 2. The number of piperidine rings is 2. The maximum absolute atomic E-state index is 12.3. The van der Waals surface area contributed by atoms with Gasteiger partial charge in [-0.1, -0.05) is 18.2 Å². The molecule has 0 aliphatic carbocycles. The van der Waals surface area contributed by atoms with Gasteiger partial charge < -0.3 is 15.5 Å². The number of anilines is 1. The molecule has 1 aromatic rings. The van der Waals surface area contributed by atoms with Crippen LogP contribution in [0.5, 0.6) is 0 Å². The molecule has 0 bridgehead atoms. The predicted octanol–water partition coefficient (Wildman–Crippen LogP) is 2.76. The summed E-state index contributed by atoms with van der Waals surface area (Å²) in [6.07, 6.45) is 4.58. The SMILES string of the molecule is Cl.O=C(Nc1ccccc1)C1CCN(CC2CCNCC2)CC1. The zero-order chi connectivity index (χ0) is 15.2. The summed E-state index contributed by atoms with van der Waals surface area (Å²) in [5.41, 5.74) is 0.907. The number of para-hydroxylation sites is 1. The van der Waals surface area contributed by atoms with Crippen LogP contribution in [0.4, 0.5) is 5.69 Å². The molecule has 1 amide bonds. The van der Waals surface area contributed by atoms with Crippen LogP contribution >= 0.6 is 12.4 Å². The van der Waals surface area contributed by atoms with Crippen molar-refractivity contribution in [3.8, 4) is 0 Å². The van der Waals surface area contributed by atoms with Crippen molar-refractivity contribution in [2.24, 2.45) is 11.8 Å². The molecule has 0 radical (unpaired) electrons. The molecule has 2 fully saturated rings. The lowest BCUT2D eigenvalue weighted by molar-refractivity contribution is -0.121. The van der Waals surface area contributed by atoms with Crippen molar-refractivity contribution >= 4 is 24.0 Å². The van der Waals surface area contributed by atoms with Crippen LogP contribution in [0.25, 0.3) is 0 Å². The van der Waals surface area contributed by atoms with E-state index in [4.69, 9.17) is 0 Å². The molecule has 0 saturated carbocycles. The number of benzene rings is 1. The van der Waals surface area contributed by atoms with E-state index in [9.17, 15) is 4.79 Å². The molecule has 0 unspecified atom stereocenters. The van der Waals surface area contributed by atoms with E-state index in [1.165, 1.54) is 32.5 Å². The summed E-state index contributed by atoms with van der Waals surface area (Å²) >= 11 is 0. The van der Waals surface area contributed by atoms with Crippen molar-refractivity contribution in [3.63, 3.8) is 0 Å². The fourth-order valence-corrected chi connectivity index (χ4v) is 3.57. The van der Waals surface area contributed by atoms with Crippen molar-refractivity contribution in [1.82, 2.24) is 10.2 Å². The lowest BCUT2D eigenvalue weighted by atomic mass is 9.93. The van der Waals surface area contributed by atoms with Gasteiger partial charge in [0.05, 0.1) is 0 Å². The average molecular weight is 338 g/mol. The zero-order valence-corrected chi connectivity index (χ0v) is 14.5. The molecule has 2 N–H and O–H groups in total. The molecule has 2 aliphatic heterocycles. The molecule has 0 atom stereocenters. The van der Waals surface area contributed by atoms with Gasteiger partial charge in [-0.3, -0.25) is 4.79 Å². The van der Waals surface area contributed by atoms with Crippen molar-refractivity contribution in [2.45, 2.75) is 25.7 Å². The van der Waals surface area contributed by atoms with E-state index >= 15 is 0 Å². The van der Waals surface area contributed by atoms with Gasteiger partial charge in [0.1, 0.15) is 0 Å². The number of likely N-dealkylation sites (tertiary alicyclic amines) is 1. The molecular weight excluding hydrogens is 310 g/mol. The van der Waals surface area contributed by atoms with E-state index in [0.717, 1.165) is 37.5 Å². The molecule has 0 spiro atoms. The van der Waals surface area contributed by atoms with Crippen LogP contribution in [-0.2, 0) is 4.79 Å². The number of nitrogens with one attached hydrogen (secondary N) is 2. The third-order valence-electron chi connectivity index (χ3n) is 4.97. The molecule has 2 aliphatic rings. The van der Waals surface area contributed by atoms with Gasteiger partial charge in [0.2, 0.25) is 5.91 Å². The van der Waals surface area contributed by atoms with E-state index < -0.39 is 0 Å². The van der Waals surface area contributed by atoms with Gasteiger partial charge in [-0.05, 0) is 69.9 Å². The van der Waals surface area contributed by atoms with Crippen molar-refractivity contribution in [2.75, 3.05) is 38.0 Å². The summed E-state index contributed by atoms with van der Waals surface area (Å²) < 4.78 is 0. The number of nitrogens with zero attached hydrogens (tertiary/aromatic N) is 1. The lowest BCUT2D eigenvalue weighted by Crippen LogP contribution is -2.42. The summed E-state index contributed by atoms with van der Waals surface area (Å²) in [4.78, 5) is 14.9. The van der Waals surface area contributed by atoms with Gasteiger partial charge in [0.15, 0.2) is 0 Å². The molecule has 128 valence electrons. The van der Waals surface area contributed by atoms with Crippen LogP contribution in [0.2, 0.25) is 0 Å². The van der Waals surface area contributed by atoms with Crippen LogP contribution in [-0.4, -0.2) is 43.5 Å². The first-order valence-corrected chi connectivity index (χ1v) is 8.60. The Bertz CT molecular complexity index is 468. The van der Waals surface area contributed by atoms with Crippen molar-refractivity contribution in [3.05, 3.63) is 30.3 Å². The first-order chi connectivity index (χ1) is 10.8. The minimum absolute atomic E-state index is 0. The Balaban J connectivity index is 0.00000192. The van der Waals surface area contributed by atoms with E-state index in [1.807, 2.05) is 30.3 Å². The number of carbonyl (C=O) groups is 1. The largest absolute Gasteiger partial charge is 0.326 e.